The van der Waals surface area contributed by atoms with Gasteiger partial charge in [-0.1, -0.05) is 35.9 Å². The van der Waals surface area contributed by atoms with Crippen LogP contribution in [0.15, 0.2) is 81.9 Å². The highest BCUT2D eigenvalue weighted by Crippen LogP contribution is 2.16. The minimum Gasteiger partial charge on any atom is -0.508 e. The number of hydrogen-bond acceptors (Lipinski definition) is 5. The number of benzene rings is 2. The van der Waals surface area contributed by atoms with Gasteiger partial charge in [0.15, 0.2) is 5.11 Å². The first-order valence-corrected chi connectivity index (χ1v) is 9.75. The Bertz CT molecular complexity index is 1110. The van der Waals surface area contributed by atoms with Crippen LogP contribution in [0, 0.1) is 0 Å². The molecule has 31 heavy (non-hydrogen) atoms. The van der Waals surface area contributed by atoms with Gasteiger partial charge in [0, 0.05) is 11.8 Å². The van der Waals surface area contributed by atoms with E-state index in [0.29, 0.717) is 27.5 Å². The van der Waals surface area contributed by atoms with Gasteiger partial charge in [0.2, 0.25) is 0 Å². The summed E-state index contributed by atoms with van der Waals surface area (Å²) in [7, 11) is 0. The van der Waals surface area contributed by atoms with Gasteiger partial charge in [-0.05, 0) is 54.2 Å². The molecule has 0 saturated carbocycles. The lowest BCUT2D eigenvalue weighted by Crippen LogP contribution is -2.24. The van der Waals surface area contributed by atoms with Crippen molar-refractivity contribution in [3.05, 3.63) is 83.0 Å². The van der Waals surface area contributed by atoms with Gasteiger partial charge in [0.05, 0.1) is 16.9 Å². The predicted octanol–water partition coefficient (Wildman–Crippen LogP) is 3.83. The van der Waals surface area contributed by atoms with Crippen molar-refractivity contribution in [1.29, 1.82) is 0 Å². The molecule has 156 valence electrons. The number of nitrogens with one attached hydrogen (secondary N) is 2. The molecule has 0 aliphatic carbocycles. The molecule has 0 atom stereocenters. The van der Waals surface area contributed by atoms with Crippen LogP contribution in [-0.2, 0) is 0 Å². The van der Waals surface area contributed by atoms with Crippen molar-refractivity contribution in [3.63, 3.8) is 0 Å². The monoisotopic (exact) mass is 451 g/mol. The molecule has 2 aromatic carbocycles. The summed E-state index contributed by atoms with van der Waals surface area (Å²) in [6.45, 7) is 0. The second-order valence-electron chi connectivity index (χ2n) is 6.08. The molecule has 10 heteroatoms. The molecule has 3 rings (SSSR count). The number of hydrazone groups is 1. The Morgan fingerprint density at radius 2 is 1.81 bits per heavy atom. The van der Waals surface area contributed by atoms with Gasteiger partial charge in [0.25, 0.3) is 0 Å². The van der Waals surface area contributed by atoms with Gasteiger partial charge in [0.1, 0.15) is 23.7 Å². The highest BCUT2D eigenvalue weighted by molar-refractivity contribution is 7.80. The summed E-state index contributed by atoms with van der Waals surface area (Å²) in [5.41, 5.74) is 10.9. The summed E-state index contributed by atoms with van der Waals surface area (Å²) in [6.07, 6.45) is 4.50. The molecule has 0 spiro atoms. The standard InChI is InChI=1S/C21H18ClN7OS/c22-16-5-10-19(24-12-16)28-21(31)29-27-11-14-1-3-15(4-2-14)20(23)26-13-25-17-6-8-18(30)9-7-17/h1-13,30H,(H2,23,25,26)(H2,24,28,29,31)/b27-11+. The van der Waals surface area contributed by atoms with Crippen LogP contribution >= 0.6 is 23.8 Å². The van der Waals surface area contributed by atoms with Gasteiger partial charge in [-0.3, -0.25) is 5.43 Å². The first kappa shape index (κ1) is 21.9. The molecular weight excluding hydrogens is 434 g/mol. The predicted molar refractivity (Wildman–Crippen MR) is 130 cm³/mol. The number of aromatic hydroxyl groups is 1. The largest absolute Gasteiger partial charge is 0.508 e. The fourth-order valence-electron chi connectivity index (χ4n) is 2.27. The molecule has 0 unspecified atom stereocenters. The Morgan fingerprint density at radius 1 is 1.06 bits per heavy atom. The first-order valence-electron chi connectivity index (χ1n) is 8.96. The van der Waals surface area contributed by atoms with E-state index in [0.717, 1.165) is 11.1 Å². The minimum atomic E-state index is 0.178. The Morgan fingerprint density at radius 3 is 2.48 bits per heavy atom. The first-order chi connectivity index (χ1) is 15.0. The van der Waals surface area contributed by atoms with Crippen molar-refractivity contribution in [2.24, 2.45) is 20.8 Å². The van der Waals surface area contributed by atoms with Crippen molar-refractivity contribution in [2.75, 3.05) is 5.32 Å². The van der Waals surface area contributed by atoms with Gasteiger partial charge in [-0.2, -0.15) is 5.10 Å². The Balaban J connectivity index is 1.52. The van der Waals surface area contributed by atoms with E-state index in [1.165, 1.54) is 12.5 Å². The zero-order valence-electron chi connectivity index (χ0n) is 16.1. The van der Waals surface area contributed by atoms with E-state index in [1.807, 2.05) is 24.3 Å². The number of aliphatic imine (C=N–C) groups is 2. The molecule has 3 aromatic rings. The molecule has 5 N–H and O–H groups in total. The van der Waals surface area contributed by atoms with Gasteiger partial charge < -0.3 is 16.2 Å². The van der Waals surface area contributed by atoms with Crippen molar-refractivity contribution < 1.29 is 5.11 Å². The number of nitrogens with zero attached hydrogens (tertiary/aromatic N) is 4. The smallest absolute Gasteiger partial charge is 0.192 e. The SMILES string of the molecule is NC(=NC=Nc1ccc(O)cc1)c1ccc(/C=N/NC(=S)Nc2ccc(Cl)cn2)cc1. The second-order valence-corrected chi connectivity index (χ2v) is 6.93. The fraction of sp³-hybridized carbons (Fsp3) is 0. The van der Waals surface area contributed by atoms with E-state index in [-0.39, 0.29) is 5.75 Å². The number of thiocarbonyl (C=S) groups is 1. The van der Waals surface area contributed by atoms with Crippen LogP contribution in [0.5, 0.6) is 5.75 Å². The summed E-state index contributed by atoms with van der Waals surface area (Å²) in [6, 6.07) is 17.2. The van der Waals surface area contributed by atoms with Crippen LogP contribution in [0.3, 0.4) is 0 Å². The van der Waals surface area contributed by atoms with Gasteiger partial charge in [-0.25, -0.2) is 15.0 Å². The summed E-state index contributed by atoms with van der Waals surface area (Å²) in [5.74, 6) is 1.06. The zero-order chi connectivity index (χ0) is 22.1. The maximum atomic E-state index is 9.26. The third kappa shape index (κ3) is 7.18. The van der Waals surface area contributed by atoms with Crippen molar-refractivity contribution in [3.8, 4) is 5.75 Å². The summed E-state index contributed by atoms with van der Waals surface area (Å²) < 4.78 is 0. The molecule has 0 aliphatic heterocycles. The average molecular weight is 452 g/mol. The molecule has 0 aliphatic rings. The summed E-state index contributed by atoms with van der Waals surface area (Å²) in [5, 5.41) is 17.1. The number of anilines is 1. The maximum Gasteiger partial charge on any atom is 0.192 e. The molecule has 1 heterocycles. The number of rotatable bonds is 6. The van der Waals surface area contributed by atoms with Crippen LogP contribution in [0.1, 0.15) is 11.1 Å². The number of pyridine rings is 1. The molecule has 0 amide bonds. The summed E-state index contributed by atoms with van der Waals surface area (Å²) in [4.78, 5) is 12.4. The highest BCUT2D eigenvalue weighted by atomic mass is 35.5. The quantitative estimate of drug-likeness (QED) is 0.196. The topological polar surface area (TPSA) is 120 Å². The lowest BCUT2D eigenvalue weighted by Gasteiger charge is -2.05. The third-order valence-electron chi connectivity index (χ3n) is 3.81. The second kappa shape index (κ2) is 10.8. The van der Waals surface area contributed by atoms with Crippen molar-refractivity contribution >= 4 is 58.8 Å². The zero-order valence-corrected chi connectivity index (χ0v) is 17.7. The molecule has 0 radical (unpaired) electrons. The number of amidine groups is 1. The minimum absolute atomic E-state index is 0.178. The van der Waals surface area contributed by atoms with Crippen LogP contribution in [0.2, 0.25) is 5.02 Å². The molecule has 1 aromatic heterocycles. The number of aromatic nitrogens is 1. The maximum absolute atomic E-state index is 9.26. The molecule has 0 saturated heterocycles. The van der Waals surface area contributed by atoms with Crippen molar-refractivity contribution in [1.82, 2.24) is 10.4 Å². The van der Waals surface area contributed by atoms with E-state index in [9.17, 15) is 5.11 Å². The highest BCUT2D eigenvalue weighted by Gasteiger charge is 1.99. The van der Waals surface area contributed by atoms with E-state index < -0.39 is 0 Å². The van der Waals surface area contributed by atoms with Gasteiger partial charge >= 0.3 is 0 Å². The Labute approximate surface area is 189 Å². The third-order valence-corrected chi connectivity index (χ3v) is 4.23. The number of nitrogens with two attached hydrogens (primary N) is 1. The van der Waals surface area contributed by atoms with Crippen LogP contribution < -0.4 is 16.5 Å². The lowest BCUT2D eigenvalue weighted by molar-refractivity contribution is 0.475. The van der Waals surface area contributed by atoms with Crippen molar-refractivity contribution in [2.45, 2.75) is 0 Å². The lowest BCUT2D eigenvalue weighted by atomic mass is 10.1. The Hall–Kier alpha value is -3.82. The number of phenolic OH excluding ortho intramolecular Hbond substituents is 1. The van der Waals surface area contributed by atoms with Crippen LogP contribution in [0.25, 0.3) is 0 Å². The summed E-state index contributed by atoms with van der Waals surface area (Å²) >= 11 is 10.9. The van der Waals surface area contributed by atoms with Crippen LogP contribution in [-0.4, -0.2) is 33.6 Å². The molecule has 0 bridgehead atoms. The van der Waals surface area contributed by atoms with Gasteiger partial charge in [-0.15, -0.1) is 0 Å². The van der Waals surface area contributed by atoms with E-state index in [4.69, 9.17) is 29.6 Å². The molecular formula is C21H18ClN7OS. The van der Waals surface area contributed by atoms with E-state index in [1.54, 1.807) is 42.6 Å². The average Bonchev–Trinajstić information content (AvgIpc) is 2.77. The van der Waals surface area contributed by atoms with E-state index in [2.05, 4.69) is 30.8 Å². The fourth-order valence-corrected chi connectivity index (χ4v) is 2.54. The number of halogens is 1. The Kier molecular flexibility index (Phi) is 7.63. The molecule has 0 fully saturated rings. The number of phenols is 1. The number of hydrogen-bond donors (Lipinski definition) is 4. The molecule has 8 nitrogen and oxygen atoms in total. The van der Waals surface area contributed by atoms with Crippen LogP contribution in [0.4, 0.5) is 11.5 Å². The van der Waals surface area contributed by atoms with E-state index >= 15 is 0 Å². The normalized spacial score (nSPS) is 11.7.